The molecule has 21 heavy (non-hydrogen) atoms. The summed E-state index contributed by atoms with van der Waals surface area (Å²) in [6, 6.07) is 6.44. The Labute approximate surface area is 122 Å². The quantitative estimate of drug-likeness (QED) is 0.878. The fraction of sp³-hybridized carbons (Fsp3) is 0.533. The summed E-state index contributed by atoms with van der Waals surface area (Å²) < 4.78 is 28.3. The summed E-state index contributed by atoms with van der Waals surface area (Å²) in [6.45, 7) is -2.85. The molecule has 1 aliphatic carbocycles. The largest absolute Gasteiger partial charge is 0.435 e. The van der Waals surface area contributed by atoms with Crippen molar-refractivity contribution in [1.82, 2.24) is 10.6 Å². The Morgan fingerprint density at radius 3 is 2.24 bits per heavy atom. The summed E-state index contributed by atoms with van der Waals surface area (Å²) in [6.07, 6.45) is 3.98. The van der Waals surface area contributed by atoms with E-state index in [1.807, 2.05) is 7.05 Å². The van der Waals surface area contributed by atoms with E-state index in [1.165, 1.54) is 24.3 Å². The summed E-state index contributed by atoms with van der Waals surface area (Å²) in [7, 11) is 1.95. The number of rotatable bonds is 5. The van der Waals surface area contributed by atoms with Gasteiger partial charge in [-0.15, -0.1) is 0 Å². The summed E-state index contributed by atoms with van der Waals surface area (Å²) in [5.41, 5.74) is 0.451. The maximum Gasteiger partial charge on any atom is 0.387 e. The molecular weight excluding hydrogens is 278 g/mol. The molecule has 1 aliphatic rings. The van der Waals surface area contributed by atoms with Crippen LogP contribution in [0, 0.1) is 0 Å². The second-order valence-electron chi connectivity index (χ2n) is 5.21. The van der Waals surface area contributed by atoms with Crippen molar-refractivity contribution in [2.24, 2.45) is 0 Å². The van der Waals surface area contributed by atoms with Gasteiger partial charge in [-0.1, -0.05) is 0 Å². The third-order valence-electron chi connectivity index (χ3n) is 3.81. The molecule has 0 bridgehead atoms. The van der Waals surface area contributed by atoms with E-state index in [2.05, 4.69) is 15.4 Å². The van der Waals surface area contributed by atoms with Crippen molar-refractivity contribution in [3.05, 3.63) is 29.8 Å². The fourth-order valence-electron chi connectivity index (χ4n) is 2.58. The maximum atomic E-state index is 12.1. The minimum absolute atomic E-state index is 0.0519. The third-order valence-corrected chi connectivity index (χ3v) is 3.81. The zero-order valence-corrected chi connectivity index (χ0v) is 11.9. The Morgan fingerprint density at radius 2 is 1.71 bits per heavy atom. The highest BCUT2D eigenvalue weighted by Gasteiger charge is 2.21. The van der Waals surface area contributed by atoms with Crippen LogP contribution < -0.4 is 15.4 Å². The average Bonchev–Trinajstić information content (AvgIpc) is 2.48. The molecule has 0 heterocycles. The van der Waals surface area contributed by atoms with Crippen LogP contribution in [0.25, 0.3) is 0 Å². The van der Waals surface area contributed by atoms with Crippen LogP contribution in [-0.2, 0) is 0 Å². The number of ether oxygens (including phenoxy) is 1. The van der Waals surface area contributed by atoms with E-state index in [0.717, 1.165) is 25.7 Å². The SMILES string of the molecule is CNC1CCC(NC(=O)c2ccc(OC(F)F)cc2)CC1. The van der Waals surface area contributed by atoms with Crippen molar-refractivity contribution in [2.75, 3.05) is 7.05 Å². The number of alkyl halides is 2. The molecule has 0 unspecified atom stereocenters. The van der Waals surface area contributed by atoms with Gasteiger partial charge in [-0.3, -0.25) is 4.79 Å². The van der Waals surface area contributed by atoms with Gasteiger partial charge in [0.15, 0.2) is 0 Å². The predicted molar refractivity (Wildman–Crippen MR) is 75.6 cm³/mol. The van der Waals surface area contributed by atoms with Crippen molar-refractivity contribution in [3.63, 3.8) is 0 Å². The van der Waals surface area contributed by atoms with Crippen molar-refractivity contribution >= 4 is 5.91 Å². The number of carbonyl (C=O) groups is 1. The normalized spacial score (nSPS) is 22.1. The smallest absolute Gasteiger partial charge is 0.387 e. The van der Waals surface area contributed by atoms with Crippen LogP contribution in [0.5, 0.6) is 5.75 Å². The molecule has 0 aromatic heterocycles. The number of amides is 1. The van der Waals surface area contributed by atoms with Gasteiger partial charge >= 0.3 is 6.61 Å². The molecule has 1 aromatic carbocycles. The molecule has 0 saturated heterocycles. The van der Waals surface area contributed by atoms with Crippen molar-refractivity contribution in [2.45, 2.75) is 44.4 Å². The molecular formula is C15H20F2N2O2. The first-order chi connectivity index (χ1) is 10.1. The van der Waals surface area contributed by atoms with E-state index < -0.39 is 6.61 Å². The van der Waals surface area contributed by atoms with Crippen LogP contribution in [-0.4, -0.2) is 31.7 Å². The van der Waals surface area contributed by atoms with Crippen LogP contribution in [0.3, 0.4) is 0 Å². The van der Waals surface area contributed by atoms with E-state index in [4.69, 9.17) is 0 Å². The van der Waals surface area contributed by atoms with E-state index in [-0.39, 0.29) is 17.7 Å². The highest BCUT2D eigenvalue weighted by molar-refractivity contribution is 5.94. The molecule has 1 fully saturated rings. The monoisotopic (exact) mass is 298 g/mol. The lowest BCUT2D eigenvalue weighted by atomic mass is 9.91. The standard InChI is InChI=1S/C15H20F2N2O2/c1-18-11-4-6-12(7-5-11)19-14(20)10-2-8-13(9-3-10)21-15(16)17/h2-3,8-9,11-12,15,18H,4-7H2,1H3,(H,19,20). The predicted octanol–water partition coefficient (Wildman–Crippen LogP) is 2.55. The molecule has 0 aliphatic heterocycles. The van der Waals surface area contributed by atoms with Gasteiger partial charge in [0.2, 0.25) is 0 Å². The molecule has 2 rings (SSSR count). The lowest BCUT2D eigenvalue weighted by molar-refractivity contribution is -0.0498. The van der Waals surface area contributed by atoms with Crippen LogP contribution >= 0.6 is 0 Å². The summed E-state index contributed by atoms with van der Waals surface area (Å²) in [5.74, 6) is -0.123. The summed E-state index contributed by atoms with van der Waals surface area (Å²) >= 11 is 0. The Balaban J connectivity index is 1.86. The first-order valence-electron chi connectivity index (χ1n) is 7.11. The second-order valence-corrected chi connectivity index (χ2v) is 5.21. The molecule has 0 radical (unpaired) electrons. The van der Waals surface area contributed by atoms with Crippen LogP contribution in [0.2, 0.25) is 0 Å². The van der Waals surface area contributed by atoms with Crippen molar-refractivity contribution < 1.29 is 18.3 Å². The molecule has 4 nitrogen and oxygen atoms in total. The number of hydrogen-bond donors (Lipinski definition) is 2. The van der Waals surface area contributed by atoms with Crippen molar-refractivity contribution in [1.29, 1.82) is 0 Å². The van der Waals surface area contributed by atoms with Gasteiger partial charge in [-0.05, 0) is 57.0 Å². The van der Waals surface area contributed by atoms with Crippen LogP contribution in [0.4, 0.5) is 8.78 Å². The highest BCUT2D eigenvalue weighted by Crippen LogP contribution is 2.19. The molecule has 6 heteroatoms. The minimum atomic E-state index is -2.85. The van der Waals surface area contributed by atoms with Gasteiger partial charge in [-0.2, -0.15) is 8.78 Å². The number of nitrogens with one attached hydrogen (secondary N) is 2. The van der Waals surface area contributed by atoms with E-state index >= 15 is 0 Å². The molecule has 1 aromatic rings. The molecule has 0 spiro atoms. The van der Waals surface area contributed by atoms with Gasteiger partial charge in [-0.25, -0.2) is 0 Å². The number of carbonyl (C=O) groups excluding carboxylic acids is 1. The molecule has 2 N–H and O–H groups in total. The maximum absolute atomic E-state index is 12.1. The van der Waals surface area contributed by atoms with Gasteiger partial charge in [0.1, 0.15) is 5.75 Å². The minimum Gasteiger partial charge on any atom is -0.435 e. The lowest BCUT2D eigenvalue weighted by Crippen LogP contribution is -2.41. The van der Waals surface area contributed by atoms with Gasteiger partial charge in [0, 0.05) is 17.6 Å². The first kappa shape index (κ1) is 15.7. The summed E-state index contributed by atoms with van der Waals surface area (Å²) in [5, 5.41) is 6.23. The van der Waals surface area contributed by atoms with Crippen LogP contribution in [0.1, 0.15) is 36.0 Å². The topological polar surface area (TPSA) is 50.4 Å². The zero-order chi connectivity index (χ0) is 15.2. The van der Waals surface area contributed by atoms with E-state index in [9.17, 15) is 13.6 Å². The van der Waals surface area contributed by atoms with E-state index in [0.29, 0.717) is 11.6 Å². The number of hydrogen-bond acceptors (Lipinski definition) is 3. The van der Waals surface area contributed by atoms with Gasteiger partial charge in [0.05, 0.1) is 0 Å². The molecule has 116 valence electrons. The van der Waals surface area contributed by atoms with Crippen LogP contribution in [0.15, 0.2) is 24.3 Å². The van der Waals surface area contributed by atoms with E-state index in [1.54, 1.807) is 0 Å². The summed E-state index contributed by atoms with van der Waals surface area (Å²) in [4.78, 5) is 12.1. The number of halogens is 2. The third kappa shape index (κ3) is 4.67. The Hall–Kier alpha value is -1.69. The van der Waals surface area contributed by atoms with Crippen molar-refractivity contribution in [3.8, 4) is 5.75 Å². The lowest BCUT2D eigenvalue weighted by Gasteiger charge is -2.28. The highest BCUT2D eigenvalue weighted by atomic mass is 19.3. The van der Waals surface area contributed by atoms with Gasteiger partial charge < -0.3 is 15.4 Å². The Morgan fingerprint density at radius 1 is 1.14 bits per heavy atom. The Bertz CT molecular complexity index is 457. The molecule has 1 saturated carbocycles. The Kier molecular flexibility index (Phi) is 5.50. The van der Waals surface area contributed by atoms with Gasteiger partial charge in [0.25, 0.3) is 5.91 Å². The average molecular weight is 298 g/mol. The second kappa shape index (κ2) is 7.36. The fourth-order valence-corrected chi connectivity index (χ4v) is 2.58. The zero-order valence-electron chi connectivity index (χ0n) is 11.9. The first-order valence-corrected chi connectivity index (χ1v) is 7.11. The number of benzene rings is 1. The molecule has 0 atom stereocenters. The molecule has 1 amide bonds.